The number of nitrogens with zero attached hydrogens (tertiary/aromatic N) is 2. The number of amides is 1. The van der Waals surface area contributed by atoms with Crippen molar-refractivity contribution in [1.82, 2.24) is 15.0 Å². The first-order valence-corrected chi connectivity index (χ1v) is 6.80. The van der Waals surface area contributed by atoms with Crippen LogP contribution >= 0.6 is 0 Å². The zero-order valence-electron chi connectivity index (χ0n) is 12.0. The van der Waals surface area contributed by atoms with Gasteiger partial charge in [-0.1, -0.05) is 12.1 Å². The number of anilines is 2. The van der Waals surface area contributed by atoms with E-state index in [1.165, 1.54) is 6.33 Å². The van der Waals surface area contributed by atoms with Crippen LogP contribution in [0.1, 0.15) is 10.4 Å². The fourth-order valence-corrected chi connectivity index (χ4v) is 2.18. The zero-order chi connectivity index (χ0) is 16.2. The van der Waals surface area contributed by atoms with Crippen molar-refractivity contribution in [1.29, 1.82) is 0 Å². The molecule has 3 rings (SSSR count). The Bertz CT molecular complexity index is 906. The minimum atomic E-state index is -0.841. The van der Waals surface area contributed by atoms with Gasteiger partial charge in [-0.3, -0.25) is 14.6 Å². The minimum absolute atomic E-state index is 0.119. The Balaban J connectivity index is 1.98. The molecule has 23 heavy (non-hydrogen) atoms. The molecule has 0 saturated carbocycles. The second kappa shape index (κ2) is 6.10. The Hall–Kier alpha value is -3.48. The van der Waals surface area contributed by atoms with Gasteiger partial charge >= 0.3 is 0 Å². The van der Waals surface area contributed by atoms with Crippen molar-refractivity contribution >= 4 is 17.4 Å². The third-order valence-corrected chi connectivity index (χ3v) is 3.24. The van der Waals surface area contributed by atoms with E-state index < -0.39 is 11.5 Å². The molecule has 7 heteroatoms. The second-order valence-corrected chi connectivity index (χ2v) is 4.76. The van der Waals surface area contributed by atoms with Gasteiger partial charge in [-0.2, -0.15) is 0 Å². The van der Waals surface area contributed by atoms with E-state index in [0.717, 1.165) is 11.1 Å². The molecule has 0 radical (unpaired) electrons. The summed E-state index contributed by atoms with van der Waals surface area (Å²) in [6.45, 7) is 0. The highest BCUT2D eigenvalue weighted by Crippen LogP contribution is 2.24. The summed E-state index contributed by atoms with van der Waals surface area (Å²) in [7, 11) is 0. The number of aromatic nitrogens is 3. The van der Waals surface area contributed by atoms with E-state index in [9.17, 15) is 9.59 Å². The van der Waals surface area contributed by atoms with E-state index in [1.807, 2.05) is 30.3 Å². The van der Waals surface area contributed by atoms with Crippen LogP contribution in [-0.4, -0.2) is 20.9 Å². The lowest BCUT2D eigenvalue weighted by molar-refractivity contribution is 0.0999. The summed E-state index contributed by atoms with van der Waals surface area (Å²) >= 11 is 0. The molecule has 1 aromatic carbocycles. The molecule has 2 aromatic heterocycles. The van der Waals surface area contributed by atoms with Crippen LogP contribution in [0.15, 0.2) is 59.9 Å². The Labute approximate surface area is 131 Å². The van der Waals surface area contributed by atoms with Crippen LogP contribution in [0, 0.1) is 0 Å². The molecule has 0 saturated heterocycles. The largest absolute Gasteiger partial charge is 0.365 e. The first kappa shape index (κ1) is 14.5. The molecule has 0 bridgehead atoms. The molecule has 3 aromatic rings. The SMILES string of the molecule is NC(=O)c1c(Nc2cccc(-c3ccncc3)c2)nc[nH]c1=O. The highest BCUT2D eigenvalue weighted by Gasteiger charge is 2.14. The molecular weight excluding hydrogens is 294 g/mol. The maximum atomic E-state index is 11.7. The number of H-pyrrole nitrogens is 1. The first-order chi connectivity index (χ1) is 11.1. The van der Waals surface area contributed by atoms with Crippen LogP contribution < -0.4 is 16.6 Å². The number of hydrogen-bond acceptors (Lipinski definition) is 5. The summed E-state index contributed by atoms with van der Waals surface area (Å²) in [6.07, 6.45) is 4.63. The molecule has 7 nitrogen and oxygen atoms in total. The fourth-order valence-electron chi connectivity index (χ4n) is 2.18. The lowest BCUT2D eigenvalue weighted by atomic mass is 10.1. The van der Waals surface area contributed by atoms with E-state index >= 15 is 0 Å². The molecule has 114 valence electrons. The van der Waals surface area contributed by atoms with E-state index in [4.69, 9.17) is 5.73 Å². The number of rotatable bonds is 4. The maximum Gasteiger partial charge on any atom is 0.265 e. The highest BCUT2D eigenvalue weighted by molar-refractivity contribution is 5.97. The van der Waals surface area contributed by atoms with Gasteiger partial charge in [0.1, 0.15) is 5.56 Å². The van der Waals surface area contributed by atoms with Crippen molar-refractivity contribution in [2.45, 2.75) is 0 Å². The molecule has 1 amide bonds. The number of carbonyl (C=O) groups is 1. The molecule has 0 aliphatic rings. The predicted molar refractivity (Wildman–Crippen MR) is 86.3 cm³/mol. The third-order valence-electron chi connectivity index (χ3n) is 3.24. The first-order valence-electron chi connectivity index (χ1n) is 6.80. The van der Waals surface area contributed by atoms with E-state index in [1.54, 1.807) is 18.5 Å². The van der Waals surface area contributed by atoms with Crippen molar-refractivity contribution in [3.05, 3.63) is 71.0 Å². The lowest BCUT2D eigenvalue weighted by Gasteiger charge is -2.09. The maximum absolute atomic E-state index is 11.7. The number of nitrogens with one attached hydrogen (secondary N) is 2. The van der Waals surface area contributed by atoms with Crippen LogP contribution in [0.2, 0.25) is 0 Å². The fraction of sp³-hybridized carbons (Fsp3) is 0. The summed E-state index contributed by atoms with van der Waals surface area (Å²) in [4.78, 5) is 33.5. The molecule has 0 aliphatic carbocycles. The topological polar surface area (TPSA) is 114 Å². The number of pyridine rings is 1. The third kappa shape index (κ3) is 3.08. The summed E-state index contributed by atoms with van der Waals surface area (Å²) in [5.74, 6) is -0.722. The van der Waals surface area contributed by atoms with Gasteiger partial charge in [0.05, 0.1) is 6.33 Å². The summed E-state index contributed by atoms with van der Waals surface area (Å²) < 4.78 is 0. The Morgan fingerprint density at radius 2 is 1.91 bits per heavy atom. The quantitative estimate of drug-likeness (QED) is 0.678. The number of carbonyl (C=O) groups excluding carboxylic acids is 1. The van der Waals surface area contributed by atoms with Gasteiger partial charge in [-0.15, -0.1) is 0 Å². The van der Waals surface area contributed by atoms with E-state index in [2.05, 4.69) is 20.3 Å². The molecule has 0 spiro atoms. The van der Waals surface area contributed by atoms with Crippen LogP contribution in [0.25, 0.3) is 11.1 Å². The minimum Gasteiger partial charge on any atom is -0.365 e. The van der Waals surface area contributed by atoms with Gasteiger partial charge < -0.3 is 16.0 Å². The molecule has 0 fully saturated rings. The number of aromatic amines is 1. The average molecular weight is 307 g/mol. The van der Waals surface area contributed by atoms with Gasteiger partial charge in [0.2, 0.25) is 0 Å². The van der Waals surface area contributed by atoms with Gasteiger partial charge in [0, 0.05) is 18.1 Å². The zero-order valence-corrected chi connectivity index (χ0v) is 12.0. The van der Waals surface area contributed by atoms with Crippen molar-refractivity contribution in [2.24, 2.45) is 5.73 Å². The molecule has 0 aliphatic heterocycles. The number of benzene rings is 1. The Kier molecular flexibility index (Phi) is 3.84. The second-order valence-electron chi connectivity index (χ2n) is 4.76. The van der Waals surface area contributed by atoms with Crippen LogP contribution in [-0.2, 0) is 0 Å². The van der Waals surface area contributed by atoms with Crippen LogP contribution in [0.3, 0.4) is 0 Å². The van der Waals surface area contributed by atoms with E-state index in [-0.39, 0.29) is 11.4 Å². The Morgan fingerprint density at radius 3 is 2.65 bits per heavy atom. The average Bonchev–Trinajstić information content (AvgIpc) is 2.56. The molecular formula is C16H13N5O2. The van der Waals surface area contributed by atoms with Crippen LogP contribution in [0.5, 0.6) is 0 Å². The smallest absolute Gasteiger partial charge is 0.265 e. The lowest BCUT2D eigenvalue weighted by Crippen LogP contribution is -2.25. The van der Waals surface area contributed by atoms with Crippen molar-refractivity contribution in [2.75, 3.05) is 5.32 Å². The van der Waals surface area contributed by atoms with E-state index in [0.29, 0.717) is 5.69 Å². The molecule has 0 atom stereocenters. The summed E-state index contributed by atoms with van der Waals surface area (Å²) in [5.41, 5.74) is 7.09. The highest BCUT2D eigenvalue weighted by atomic mass is 16.2. The predicted octanol–water partition coefficient (Wildman–Crippen LogP) is 1.67. The van der Waals surface area contributed by atoms with Crippen molar-refractivity contribution < 1.29 is 4.79 Å². The Morgan fingerprint density at radius 1 is 1.13 bits per heavy atom. The van der Waals surface area contributed by atoms with Crippen molar-refractivity contribution in [3.8, 4) is 11.1 Å². The van der Waals surface area contributed by atoms with Gasteiger partial charge in [0.15, 0.2) is 5.82 Å². The number of primary amides is 1. The van der Waals surface area contributed by atoms with Crippen molar-refractivity contribution in [3.63, 3.8) is 0 Å². The summed E-state index contributed by atoms with van der Waals surface area (Å²) in [6, 6.07) is 11.3. The standard InChI is InChI=1S/C16H13N5O2/c17-14(22)13-15(19-9-20-16(13)23)21-12-3-1-2-11(8-12)10-4-6-18-7-5-10/h1-9H,(H2,17,22)(H2,19,20,21,23). The van der Waals surface area contributed by atoms with Crippen LogP contribution in [0.4, 0.5) is 11.5 Å². The molecule has 4 N–H and O–H groups in total. The molecule has 0 unspecified atom stereocenters. The number of nitrogens with two attached hydrogens (primary N) is 1. The summed E-state index contributed by atoms with van der Waals surface area (Å²) in [5, 5.41) is 2.96. The number of hydrogen-bond donors (Lipinski definition) is 3. The monoisotopic (exact) mass is 307 g/mol. The molecule has 2 heterocycles. The normalized spacial score (nSPS) is 10.3. The van der Waals surface area contributed by atoms with Gasteiger partial charge in [-0.05, 0) is 35.4 Å². The van der Waals surface area contributed by atoms with Gasteiger partial charge in [-0.25, -0.2) is 4.98 Å². The van der Waals surface area contributed by atoms with Gasteiger partial charge in [0.25, 0.3) is 11.5 Å².